The van der Waals surface area contributed by atoms with E-state index < -0.39 is 16.9 Å². The summed E-state index contributed by atoms with van der Waals surface area (Å²) in [7, 11) is 0. The number of rotatable bonds is 6. The molecule has 0 saturated carbocycles. The second kappa shape index (κ2) is 8.17. The minimum Gasteiger partial charge on any atom is -0.428 e. The number of hydrogen-bond donors (Lipinski definition) is 1. The molecule has 0 aliphatic carbocycles. The van der Waals surface area contributed by atoms with Gasteiger partial charge in [0.05, 0.1) is 16.5 Å². The van der Waals surface area contributed by atoms with E-state index in [9.17, 15) is 9.59 Å². The Morgan fingerprint density at radius 1 is 1.15 bits per heavy atom. The molecule has 0 fully saturated rings. The number of aryl methyl sites for hydroxylation is 3. The molecular formula is C22H33NO3. The minimum absolute atomic E-state index is 0.247. The van der Waals surface area contributed by atoms with Gasteiger partial charge >= 0.3 is 5.97 Å². The summed E-state index contributed by atoms with van der Waals surface area (Å²) in [4.78, 5) is 24.7. The first-order valence-corrected chi connectivity index (χ1v) is 9.20. The predicted octanol–water partition coefficient (Wildman–Crippen LogP) is 4.49. The van der Waals surface area contributed by atoms with E-state index in [-0.39, 0.29) is 5.76 Å². The zero-order chi connectivity index (χ0) is 20.3. The Bertz CT molecular complexity index is 722. The Kier molecular flexibility index (Phi) is 6.95. The summed E-state index contributed by atoms with van der Waals surface area (Å²) in [5, 5.41) is 0. The smallest absolute Gasteiger partial charge is 0.316 e. The standard InChI is InChI=1S/C22H33NO3/c1-9-16-12-14(3)11-15(4)18(16)17(13-24)19(22(8,23)10-2)26-20(25)21(5,6)7/h11-13H,9-10,23H2,1-8H3/b19-17-. The molecule has 1 rings (SSSR count). The average Bonchev–Trinajstić information content (AvgIpc) is 2.54. The second-order valence-corrected chi connectivity index (χ2v) is 8.24. The van der Waals surface area contributed by atoms with Gasteiger partial charge in [0.25, 0.3) is 0 Å². The van der Waals surface area contributed by atoms with Crippen LogP contribution in [0.5, 0.6) is 0 Å². The summed E-state index contributed by atoms with van der Waals surface area (Å²) < 4.78 is 5.75. The molecule has 4 heteroatoms. The molecule has 144 valence electrons. The molecule has 0 aromatic heterocycles. The van der Waals surface area contributed by atoms with Crippen molar-refractivity contribution >= 4 is 17.8 Å². The first-order chi connectivity index (χ1) is 11.9. The Morgan fingerprint density at radius 2 is 1.73 bits per heavy atom. The fraction of sp³-hybridized carbons (Fsp3) is 0.545. The van der Waals surface area contributed by atoms with Crippen molar-refractivity contribution < 1.29 is 14.3 Å². The molecule has 2 N–H and O–H groups in total. The lowest BCUT2D eigenvalue weighted by atomic mass is 9.86. The summed E-state index contributed by atoms with van der Waals surface area (Å²) >= 11 is 0. The number of ether oxygens (including phenoxy) is 1. The summed E-state index contributed by atoms with van der Waals surface area (Å²) in [6.07, 6.45) is 2.06. The largest absolute Gasteiger partial charge is 0.428 e. The normalized spacial score (nSPS) is 15.1. The number of aldehydes is 1. The van der Waals surface area contributed by atoms with Gasteiger partial charge in [0.15, 0.2) is 6.29 Å². The van der Waals surface area contributed by atoms with E-state index in [1.54, 1.807) is 27.7 Å². The van der Waals surface area contributed by atoms with E-state index in [4.69, 9.17) is 10.5 Å². The quantitative estimate of drug-likeness (QED) is 0.351. The highest BCUT2D eigenvalue weighted by molar-refractivity contribution is 6.10. The number of carbonyl (C=O) groups excluding carboxylic acids is 2. The Morgan fingerprint density at radius 3 is 2.15 bits per heavy atom. The highest BCUT2D eigenvalue weighted by Gasteiger charge is 2.34. The molecule has 0 bridgehead atoms. The van der Waals surface area contributed by atoms with Crippen LogP contribution < -0.4 is 5.73 Å². The van der Waals surface area contributed by atoms with E-state index in [0.717, 1.165) is 35.0 Å². The minimum atomic E-state index is -0.931. The van der Waals surface area contributed by atoms with Crippen LogP contribution in [-0.4, -0.2) is 17.8 Å². The van der Waals surface area contributed by atoms with E-state index in [1.807, 2.05) is 33.8 Å². The highest BCUT2D eigenvalue weighted by atomic mass is 16.5. The van der Waals surface area contributed by atoms with Crippen LogP contribution in [0, 0.1) is 19.3 Å². The first kappa shape index (κ1) is 22.1. The van der Waals surface area contributed by atoms with Gasteiger partial charge in [0.1, 0.15) is 5.76 Å². The molecule has 0 radical (unpaired) electrons. The number of benzene rings is 1. The molecule has 0 saturated heterocycles. The van der Waals surface area contributed by atoms with Gasteiger partial charge in [-0.3, -0.25) is 9.59 Å². The van der Waals surface area contributed by atoms with Gasteiger partial charge < -0.3 is 10.5 Å². The third-order valence-electron chi connectivity index (χ3n) is 4.63. The molecule has 1 aromatic rings. The van der Waals surface area contributed by atoms with E-state index in [0.29, 0.717) is 12.0 Å². The fourth-order valence-electron chi connectivity index (χ4n) is 2.83. The van der Waals surface area contributed by atoms with Crippen LogP contribution in [0.3, 0.4) is 0 Å². The third-order valence-corrected chi connectivity index (χ3v) is 4.63. The van der Waals surface area contributed by atoms with Gasteiger partial charge in [-0.25, -0.2) is 0 Å². The van der Waals surface area contributed by atoms with Gasteiger partial charge in [-0.2, -0.15) is 0 Å². The zero-order valence-corrected chi connectivity index (χ0v) is 17.4. The molecule has 26 heavy (non-hydrogen) atoms. The molecule has 1 atom stereocenters. The van der Waals surface area contributed by atoms with E-state index >= 15 is 0 Å². The third kappa shape index (κ3) is 4.82. The number of hydrogen-bond acceptors (Lipinski definition) is 4. The van der Waals surface area contributed by atoms with Crippen molar-refractivity contribution in [3.05, 3.63) is 40.1 Å². The summed E-state index contributed by atoms with van der Waals surface area (Å²) in [5.74, 6) is -0.156. The summed E-state index contributed by atoms with van der Waals surface area (Å²) in [5.41, 5.74) is 9.14. The summed E-state index contributed by atoms with van der Waals surface area (Å²) in [6, 6.07) is 4.09. The van der Waals surface area contributed by atoms with E-state index in [1.165, 1.54) is 0 Å². The highest BCUT2D eigenvalue weighted by Crippen LogP contribution is 2.33. The molecule has 4 nitrogen and oxygen atoms in total. The lowest BCUT2D eigenvalue weighted by Crippen LogP contribution is -2.41. The molecule has 0 aliphatic rings. The van der Waals surface area contributed by atoms with Gasteiger partial charge in [-0.1, -0.05) is 31.5 Å². The van der Waals surface area contributed by atoms with Crippen molar-refractivity contribution in [1.82, 2.24) is 0 Å². The van der Waals surface area contributed by atoms with Crippen LogP contribution in [0.4, 0.5) is 0 Å². The second-order valence-electron chi connectivity index (χ2n) is 8.24. The van der Waals surface area contributed by atoms with Crippen LogP contribution in [-0.2, 0) is 20.7 Å². The summed E-state index contributed by atoms with van der Waals surface area (Å²) in [6.45, 7) is 15.1. The Labute approximate surface area is 157 Å². The SMILES string of the molecule is CCc1cc(C)cc(C)c1/C(C=O)=C(\OC(=O)C(C)(C)C)C(C)(N)CC. The van der Waals surface area contributed by atoms with Crippen molar-refractivity contribution in [3.8, 4) is 0 Å². The van der Waals surface area contributed by atoms with Gasteiger partial charge in [0, 0.05) is 0 Å². The number of carbonyl (C=O) groups is 2. The van der Waals surface area contributed by atoms with E-state index in [2.05, 4.69) is 6.07 Å². The van der Waals surface area contributed by atoms with Crippen LogP contribution in [0.2, 0.25) is 0 Å². The maximum absolute atomic E-state index is 12.6. The molecular weight excluding hydrogens is 326 g/mol. The maximum atomic E-state index is 12.6. The molecule has 0 heterocycles. The van der Waals surface area contributed by atoms with Gasteiger partial charge in [0.2, 0.25) is 0 Å². The molecule has 0 spiro atoms. The van der Waals surface area contributed by atoms with Gasteiger partial charge in [-0.15, -0.1) is 0 Å². The van der Waals surface area contributed by atoms with Crippen molar-refractivity contribution in [3.63, 3.8) is 0 Å². The molecule has 1 unspecified atom stereocenters. The number of nitrogens with two attached hydrogens (primary N) is 1. The zero-order valence-electron chi connectivity index (χ0n) is 17.4. The lowest BCUT2D eigenvalue weighted by Gasteiger charge is -2.30. The fourth-order valence-corrected chi connectivity index (χ4v) is 2.83. The number of esters is 1. The topological polar surface area (TPSA) is 69.4 Å². The molecule has 0 aliphatic heterocycles. The lowest BCUT2D eigenvalue weighted by molar-refractivity contribution is -0.149. The number of allylic oxidation sites excluding steroid dienone is 1. The Balaban J connectivity index is 3.79. The van der Waals surface area contributed by atoms with Crippen LogP contribution in [0.1, 0.15) is 70.2 Å². The monoisotopic (exact) mass is 359 g/mol. The van der Waals surface area contributed by atoms with Crippen LogP contribution in [0.25, 0.3) is 5.57 Å². The average molecular weight is 360 g/mol. The van der Waals surface area contributed by atoms with Crippen molar-refractivity contribution in [2.24, 2.45) is 11.1 Å². The molecule has 1 aromatic carbocycles. The van der Waals surface area contributed by atoms with Crippen molar-refractivity contribution in [1.29, 1.82) is 0 Å². The maximum Gasteiger partial charge on any atom is 0.316 e. The predicted molar refractivity (Wildman–Crippen MR) is 107 cm³/mol. The van der Waals surface area contributed by atoms with Gasteiger partial charge in [-0.05, 0) is 71.1 Å². The van der Waals surface area contributed by atoms with Crippen LogP contribution in [0.15, 0.2) is 17.9 Å². The first-order valence-electron chi connectivity index (χ1n) is 9.20. The Hall–Kier alpha value is -1.94. The molecule has 0 amide bonds. The van der Waals surface area contributed by atoms with Crippen LogP contribution >= 0.6 is 0 Å². The van der Waals surface area contributed by atoms with Crippen molar-refractivity contribution in [2.45, 2.75) is 73.8 Å². The van der Waals surface area contributed by atoms with Crippen molar-refractivity contribution in [2.75, 3.05) is 0 Å².